The first-order valence-corrected chi connectivity index (χ1v) is 14.7. The third-order valence-electron chi connectivity index (χ3n) is 9.10. The number of carbonyl (C=O) groups excluding carboxylic acids is 2. The van der Waals surface area contributed by atoms with E-state index < -0.39 is 0 Å². The zero-order chi connectivity index (χ0) is 28.9. The van der Waals surface area contributed by atoms with Crippen molar-refractivity contribution >= 4 is 60.6 Å². The Morgan fingerprint density at radius 1 is 0.524 bits per heavy atom. The molecule has 1 N–H and O–H groups in total. The molecule has 0 aliphatic carbocycles. The molecule has 1 aromatic heterocycles. The predicted molar refractivity (Wildman–Crippen MR) is 173 cm³/mol. The molecule has 1 aliphatic rings. The van der Waals surface area contributed by atoms with Gasteiger partial charge in [0, 0.05) is 34.0 Å². The van der Waals surface area contributed by atoms with E-state index in [4.69, 9.17) is 0 Å². The molecule has 4 heteroatoms. The molecule has 204 valence electrons. The number of benzene rings is 6. The molecule has 1 aliphatic heterocycles. The highest BCUT2D eigenvalue weighted by molar-refractivity contribution is 6.42. The van der Waals surface area contributed by atoms with E-state index in [9.17, 15) is 9.59 Å². The number of hydrogen-bond donors (Lipinski definition) is 1. The molecular formula is C38H30N2O2. The Morgan fingerprint density at radius 2 is 1.05 bits per heavy atom. The van der Waals surface area contributed by atoms with Crippen LogP contribution in [0.3, 0.4) is 0 Å². The summed E-state index contributed by atoms with van der Waals surface area (Å²) in [6.45, 7) is 8.45. The van der Waals surface area contributed by atoms with Gasteiger partial charge in [-0.3, -0.25) is 9.59 Å². The molecule has 0 radical (unpaired) electrons. The summed E-state index contributed by atoms with van der Waals surface area (Å²) in [4.78, 5) is 33.6. The van der Waals surface area contributed by atoms with Crippen molar-refractivity contribution in [3.63, 3.8) is 0 Å². The van der Waals surface area contributed by atoms with Crippen LogP contribution in [0, 0.1) is 0 Å². The second kappa shape index (κ2) is 8.77. The first-order chi connectivity index (χ1) is 20.4. The molecule has 0 atom stereocenters. The Bertz CT molecular complexity index is 2140. The molecule has 0 saturated carbocycles. The molecule has 4 nitrogen and oxygen atoms in total. The Morgan fingerprint density at radius 3 is 1.62 bits per heavy atom. The number of rotatable bonds is 4. The lowest BCUT2D eigenvalue weighted by molar-refractivity contribution is 0.0893. The van der Waals surface area contributed by atoms with Crippen LogP contribution in [-0.2, 0) is 0 Å². The average Bonchev–Trinajstić information content (AvgIpc) is 3.53. The molecule has 2 amide bonds. The molecule has 42 heavy (non-hydrogen) atoms. The van der Waals surface area contributed by atoms with Gasteiger partial charge in [0.2, 0.25) is 0 Å². The van der Waals surface area contributed by atoms with Crippen LogP contribution in [0.4, 0.5) is 5.69 Å². The fraction of sp³-hybridized carbons (Fsp3) is 0.158. The largest absolute Gasteiger partial charge is 0.361 e. The predicted octanol–water partition coefficient (Wildman–Crippen LogP) is 9.78. The number of imide groups is 1. The van der Waals surface area contributed by atoms with Crippen molar-refractivity contribution in [2.75, 3.05) is 4.90 Å². The molecule has 0 bridgehead atoms. The van der Waals surface area contributed by atoms with E-state index in [0.29, 0.717) is 11.1 Å². The van der Waals surface area contributed by atoms with Crippen LogP contribution in [0.2, 0.25) is 0 Å². The molecular weight excluding hydrogens is 516 g/mol. The van der Waals surface area contributed by atoms with Gasteiger partial charge in [-0.05, 0) is 84.9 Å². The van der Waals surface area contributed by atoms with Gasteiger partial charge in [0.25, 0.3) is 11.8 Å². The highest BCUT2D eigenvalue weighted by Gasteiger charge is 2.38. The minimum absolute atomic E-state index is 0.156. The Balaban J connectivity index is 1.44. The molecule has 6 aromatic carbocycles. The number of anilines is 1. The molecule has 7 aromatic rings. The van der Waals surface area contributed by atoms with E-state index in [2.05, 4.69) is 81.2 Å². The van der Waals surface area contributed by atoms with E-state index in [0.717, 1.165) is 60.4 Å². The number of fused-ring (bicyclic) bond motifs is 2. The summed E-state index contributed by atoms with van der Waals surface area (Å²) in [5, 5.41) is 8.50. The number of aromatic amines is 1. The van der Waals surface area contributed by atoms with Gasteiger partial charge < -0.3 is 4.98 Å². The van der Waals surface area contributed by atoms with Crippen LogP contribution in [0.1, 0.15) is 71.4 Å². The monoisotopic (exact) mass is 546 g/mol. The van der Waals surface area contributed by atoms with Crippen LogP contribution in [-0.4, -0.2) is 16.8 Å². The van der Waals surface area contributed by atoms with Crippen LogP contribution in [0.5, 0.6) is 0 Å². The van der Waals surface area contributed by atoms with Crippen LogP contribution in [0.15, 0.2) is 91.1 Å². The van der Waals surface area contributed by atoms with Crippen LogP contribution in [0.25, 0.3) is 54.3 Å². The summed E-state index contributed by atoms with van der Waals surface area (Å²) in [7, 11) is 0. The summed E-state index contributed by atoms with van der Waals surface area (Å²) in [5.41, 5.74) is 6.15. The van der Waals surface area contributed by atoms with Crippen LogP contribution < -0.4 is 4.90 Å². The van der Waals surface area contributed by atoms with E-state index in [-0.39, 0.29) is 23.7 Å². The van der Waals surface area contributed by atoms with Crippen molar-refractivity contribution in [3.05, 3.63) is 113 Å². The summed E-state index contributed by atoms with van der Waals surface area (Å²) in [5.74, 6) is -0.192. The van der Waals surface area contributed by atoms with Crippen molar-refractivity contribution in [1.82, 2.24) is 4.98 Å². The summed E-state index contributed by atoms with van der Waals surface area (Å²) >= 11 is 0. The third-order valence-corrected chi connectivity index (χ3v) is 9.10. The maximum absolute atomic E-state index is 14.4. The average molecular weight is 547 g/mol. The van der Waals surface area contributed by atoms with Gasteiger partial charge in [0.15, 0.2) is 0 Å². The standard InChI is InChI=1S/C38H30N2O2/c1-20(2)22-8-5-9-23(21(3)4)36(22)40-37(41)30-17-15-28-26-11-6-10-25-24(32-12-7-19-39-32)13-14-27(33(25)26)29-16-18-31(38(40)42)35(30)34(28)29/h5-21,39H,1-4H3. The number of aromatic nitrogens is 1. The second-order valence-electron chi connectivity index (χ2n) is 12.1. The maximum Gasteiger partial charge on any atom is 0.266 e. The Kier molecular flexibility index (Phi) is 5.18. The zero-order valence-corrected chi connectivity index (χ0v) is 24.1. The Labute approximate surface area is 243 Å². The van der Waals surface area contributed by atoms with Gasteiger partial charge in [-0.15, -0.1) is 0 Å². The fourth-order valence-electron chi connectivity index (χ4n) is 7.20. The Hall–Kier alpha value is -4.96. The third kappa shape index (κ3) is 3.18. The highest BCUT2D eigenvalue weighted by Crippen LogP contribution is 2.47. The molecule has 0 unspecified atom stereocenters. The number of H-pyrrole nitrogens is 1. The summed E-state index contributed by atoms with van der Waals surface area (Å²) < 4.78 is 0. The number of carbonyl (C=O) groups is 2. The smallest absolute Gasteiger partial charge is 0.266 e. The number of nitrogens with one attached hydrogen (secondary N) is 1. The normalized spacial score (nSPS) is 13.7. The van der Waals surface area contributed by atoms with Gasteiger partial charge >= 0.3 is 0 Å². The SMILES string of the molecule is CC(C)c1cccc(C(C)C)c1N1C(=O)c2ccc3c4cccc5c(-c6ccc[nH]6)ccc(c6ccc(c2c36)C1=O)c54. The van der Waals surface area contributed by atoms with Gasteiger partial charge in [-0.25, -0.2) is 4.90 Å². The quantitative estimate of drug-likeness (QED) is 0.136. The van der Waals surface area contributed by atoms with E-state index in [1.54, 1.807) is 0 Å². The molecule has 8 rings (SSSR count). The van der Waals surface area contributed by atoms with Crippen molar-refractivity contribution < 1.29 is 9.59 Å². The molecule has 0 saturated heterocycles. The van der Waals surface area contributed by atoms with E-state index in [1.165, 1.54) is 15.7 Å². The number of nitrogens with zero attached hydrogens (tertiary/aromatic N) is 1. The van der Waals surface area contributed by atoms with Gasteiger partial charge in [0.05, 0.1) is 5.69 Å². The molecule has 0 fully saturated rings. The lowest BCUT2D eigenvalue weighted by atomic mass is 9.83. The topological polar surface area (TPSA) is 53.2 Å². The van der Waals surface area contributed by atoms with Crippen molar-refractivity contribution in [1.29, 1.82) is 0 Å². The number of para-hydroxylation sites is 1. The van der Waals surface area contributed by atoms with E-state index in [1.807, 2.05) is 42.6 Å². The van der Waals surface area contributed by atoms with Crippen molar-refractivity contribution in [3.8, 4) is 11.3 Å². The summed E-state index contributed by atoms with van der Waals surface area (Å²) in [6.07, 6.45) is 1.95. The van der Waals surface area contributed by atoms with Gasteiger partial charge in [-0.1, -0.05) is 88.4 Å². The molecule has 0 spiro atoms. The fourth-order valence-corrected chi connectivity index (χ4v) is 7.20. The lowest BCUT2D eigenvalue weighted by Crippen LogP contribution is -2.41. The highest BCUT2D eigenvalue weighted by atomic mass is 16.2. The van der Waals surface area contributed by atoms with Gasteiger partial charge in [0.1, 0.15) is 0 Å². The first-order valence-electron chi connectivity index (χ1n) is 14.7. The van der Waals surface area contributed by atoms with Crippen molar-refractivity contribution in [2.24, 2.45) is 0 Å². The number of hydrogen-bond acceptors (Lipinski definition) is 2. The second-order valence-corrected chi connectivity index (χ2v) is 12.1. The van der Waals surface area contributed by atoms with Crippen LogP contribution >= 0.6 is 0 Å². The van der Waals surface area contributed by atoms with Gasteiger partial charge in [-0.2, -0.15) is 0 Å². The zero-order valence-electron chi connectivity index (χ0n) is 24.1. The maximum atomic E-state index is 14.4. The first kappa shape index (κ1) is 24.8. The molecule has 2 heterocycles. The lowest BCUT2D eigenvalue weighted by Gasteiger charge is -2.32. The summed E-state index contributed by atoms with van der Waals surface area (Å²) in [6, 6.07) is 29.0. The van der Waals surface area contributed by atoms with Crippen molar-refractivity contribution in [2.45, 2.75) is 39.5 Å². The van der Waals surface area contributed by atoms with E-state index >= 15 is 0 Å². The minimum Gasteiger partial charge on any atom is -0.361 e. The number of amides is 2. The minimum atomic E-state index is -0.253.